The number of fused-ring (bicyclic) bond motifs is 1. The molecular weight excluding hydrogens is 256 g/mol. The molecule has 0 aliphatic rings. The summed E-state index contributed by atoms with van der Waals surface area (Å²) in [4.78, 5) is 2.51. The van der Waals surface area contributed by atoms with E-state index >= 15 is 0 Å². The van der Waals surface area contributed by atoms with Crippen molar-refractivity contribution in [3.63, 3.8) is 0 Å². The van der Waals surface area contributed by atoms with Gasteiger partial charge in [-0.25, -0.2) is 0 Å². The van der Waals surface area contributed by atoms with Crippen LogP contribution < -0.4 is 5.73 Å². The lowest BCUT2D eigenvalue weighted by Crippen LogP contribution is -2.29. The van der Waals surface area contributed by atoms with Gasteiger partial charge in [-0.1, -0.05) is 57.9 Å². The molecule has 0 saturated carbocycles. The van der Waals surface area contributed by atoms with Gasteiger partial charge in [-0.3, -0.25) is 4.90 Å². The predicted molar refractivity (Wildman–Crippen MR) is 93.4 cm³/mol. The van der Waals surface area contributed by atoms with E-state index in [0.29, 0.717) is 0 Å². The zero-order valence-corrected chi connectivity index (χ0v) is 13.6. The van der Waals surface area contributed by atoms with Crippen LogP contribution in [-0.4, -0.2) is 18.0 Å². The number of nitrogen functional groups attached to an aromatic ring is 1. The van der Waals surface area contributed by atoms with Crippen molar-refractivity contribution in [3.05, 3.63) is 42.0 Å². The van der Waals surface area contributed by atoms with Gasteiger partial charge in [0.15, 0.2) is 0 Å². The Kier molecular flexibility index (Phi) is 5.63. The lowest BCUT2D eigenvalue weighted by molar-refractivity contribution is 0.226. The highest BCUT2D eigenvalue weighted by molar-refractivity contribution is 5.86. The molecule has 2 heteroatoms. The van der Waals surface area contributed by atoms with Crippen molar-refractivity contribution in [2.75, 3.05) is 18.8 Å². The topological polar surface area (TPSA) is 29.3 Å². The van der Waals surface area contributed by atoms with Gasteiger partial charge in [-0.15, -0.1) is 0 Å². The maximum Gasteiger partial charge on any atom is 0.0366 e. The molecule has 0 heterocycles. The molecule has 0 unspecified atom stereocenters. The average molecular weight is 284 g/mol. The molecule has 0 fully saturated rings. The van der Waals surface area contributed by atoms with Crippen molar-refractivity contribution in [1.29, 1.82) is 0 Å². The summed E-state index contributed by atoms with van der Waals surface area (Å²) in [6.07, 6.45) is 2.50. The third kappa shape index (κ3) is 3.98. The summed E-state index contributed by atoms with van der Waals surface area (Å²) in [7, 11) is 0. The highest BCUT2D eigenvalue weighted by atomic mass is 15.1. The maximum absolute atomic E-state index is 6.26. The van der Waals surface area contributed by atoms with Gasteiger partial charge in [-0.2, -0.15) is 0 Å². The molecule has 0 radical (unpaired) electrons. The number of hydrogen-bond acceptors (Lipinski definition) is 2. The van der Waals surface area contributed by atoms with E-state index < -0.39 is 0 Å². The molecule has 0 saturated heterocycles. The van der Waals surface area contributed by atoms with E-state index in [9.17, 15) is 0 Å². The van der Waals surface area contributed by atoms with E-state index in [0.717, 1.165) is 31.2 Å². The molecule has 0 atom stereocenters. The predicted octanol–water partition coefficient (Wildman–Crippen LogP) is 4.68. The molecule has 21 heavy (non-hydrogen) atoms. The number of rotatable bonds is 7. The molecule has 0 bridgehead atoms. The number of nitrogens with zero attached hydrogens (tertiary/aromatic N) is 1. The first-order chi connectivity index (χ1) is 10.2. The van der Waals surface area contributed by atoms with Gasteiger partial charge in [0, 0.05) is 18.8 Å². The van der Waals surface area contributed by atoms with Gasteiger partial charge in [0.2, 0.25) is 0 Å². The van der Waals surface area contributed by atoms with Crippen LogP contribution >= 0.6 is 0 Å². The van der Waals surface area contributed by atoms with E-state index in [1.165, 1.54) is 29.2 Å². The van der Waals surface area contributed by atoms with Crippen molar-refractivity contribution in [2.45, 2.75) is 40.2 Å². The highest BCUT2D eigenvalue weighted by Crippen LogP contribution is 2.23. The number of benzene rings is 2. The number of nitrogens with two attached hydrogens (primary N) is 1. The SMILES string of the molecule is CCC(CC)CN(CC)Cc1cc2ccccc2cc1N. The van der Waals surface area contributed by atoms with Crippen LogP contribution in [0.1, 0.15) is 39.2 Å². The van der Waals surface area contributed by atoms with E-state index in [1.54, 1.807) is 0 Å². The van der Waals surface area contributed by atoms with Crippen molar-refractivity contribution < 1.29 is 0 Å². The summed E-state index contributed by atoms with van der Waals surface area (Å²) in [5.74, 6) is 0.784. The summed E-state index contributed by atoms with van der Waals surface area (Å²) < 4.78 is 0. The van der Waals surface area contributed by atoms with Gasteiger partial charge < -0.3 is 5.73 Å². The Morgan fingerprint density at radius 3 is 2.19 bits per heavy atom. The molecule has 0 aliphatic carbocycles. The van der Waals surface area contributed by atoms with Crippen molar-refractivity contribution in [2.24, 2.45) is 5.92 Å². The van der Waals surface area contributed by atoms with Crippen LogP contribution in [0.4, 0.5) is 5.69 Å². The first-order valence-electron chi connectivity index (χ1n) is 8.17. The van der Waals surface area contributed by atoms with Gasteiger partial charge in [0.25, 0.3) is 0 Å². The second kappa shape index (κ2) is 7.46. The van der Waals surface area contributed by atoms with Crippen LogP contribution in [0.5, 0.6) is 0 Å². The van der Waals surface area contributed by atoms with Crippen LogP contribution in [-0.2, 0) is 6.54 Å². The Morgan fingerprint density at radius 2 is 1.62 bits per heavy atom. The number of anilines is 1. The van der Waals surface area contributed by atoms with Gasteiger partial charge >= 0.3 is 0 Å². The van der Waals surface area contributed by atoms with Crippen molar-refractivity contribution in [1.82, 2.24) is 4.90 Å². The Labute approximate surface area is 128 Å². The lowest BCUT2D eigenvalue weighted by atomic mass is 10.0. The standard InChI is InChI=1S/C19H28N2/c1-4-15(5-2)13-21(6-3)14-18-11-16-9-7-8-10-17(16)12-19(18)20/h7-12,15H,4-6,13-14,20H2,1-3H3. The second-order valence-electron chi connectivity index (χ2n) is 5.91. The fourth-order valence-corrected chi connectivity index (χ4v) is 2.90. The molecule has 0 aromatic heterocycles. The van der Waals surface area contributed by atoms with Gasteiger partial charge in [0.05, 0.1) is 0 Å². The van der Waals surface area contributed by atoms with Crippen molar-refractivity contribution >= 4 is 16.5 Å². The molecule has 114 valence electrons. The number of hydrogen-bond donors (Lipinski definition) is 1. The lowest BCUT2D eigenvalue weighted by Gasteiger charge is -2.26. The molecule has 0 spiro atoms. The fourth-order valence-electron chi connectivity index (χ4n) is 2.90. The molecule has 0 aliphatic heterocycles. The Hall–Kier alpha value is -1.54. The van der Waals surface area contributed by atoms with E-state index in [1.807, 2.05) is 0 Å². The monoisotopic (exact) mass is 284 g/mol. The molecular formula is C19H28N2. The summed E-state index contributed by atoms with van der Waals surface area (Å²) in [5, 5.41) is 2.50. The molecule has 2 rings (SSSR count). The van der Waals surface area contributed by atoms with Crippen LogP contribution in [0, 0.1) is 5.92 Å². The average Bonchev–Trinajstić information content (AvgIpc) is 2.51. The normalized spacial score (nSPS) is 11.7. The third-order valence-corrected chi connectivity index (χ3v) is 4.52. The Bertz CT molecular complexity index is 573. The minimum atomic E-state index is 0.784. The molecule has 2 N–H and O–H groups in total. The van der Waals surface area contributed by atoms with Crippen molar-refractivity contribution in [3.8, 4) is 0 Å². The highest BCUT2D eigenvalue weighted by Gasteiger charge is 2.12. The second-order valence-corrected chi connectivity index (χ2v) is 5.91. The molecule has 2 aromatic carbocycles. The van der Waals surface area contributed by atoms with Crippen LogP contribution in [0.3, 0.4) is 0 Å². The van der Waals surface area contributed by atoms with Crippen LogP contribution in [0.25, 0.3) is 10.8 Å². The van der Waals surface area contributed by atoms with E-state index in [-0.39, 0.29) is 0 Å². The molecule has 2 nitrogen and oxygen atoms in total. The Balaban J connectivity index is 2.18. The first kappa shape index (κ1) is 15.8. The summed E-state index contributed by atoms with van der Waals surface area (Å²) in [5.41, 5.74) is 8.42. The van der Waals surface area contributed by atoms with Gasteiger partial charge in [0.1, 0.15) is 0 Å². The van der Waals surface area contributed by atoms with Crippen LogP contribution in [0.15, 0.2) is 36.4 Å². The smallest absolute Gasteiger partial charge is 0.0366 e. The van der Waals surface area contributed by atoms with E-state index in [2.05, 4.69) is 62.1 Å². The first-order valence-corrected chi connectivity index (χ1v) is 8.17. The summed E-state index contributed by atoms with van der Waals surface area (Å²) in [6, 6.07) is 12.8. The quantitative estimate of drug-likeness (QED) is 0.748. The maximum atomic E-state index is 6.26. The fraction of sp³-hybridized carbons (Fsp3) is 0.474. The Morgan fingerprint density at radius 1 is 1.00 bits per heavy atom. The minimum absolute atomic E-state index is 0.784. The molecule has 2 aromatic rings. The van der Waals surface area contributed by atoms with Gasteiger partial charge in [-0.05, 0) is 40.9 Å². The van der Waals surface area contributed by atoms with E-state index in [4.69, 9.17) is 5.73 Å². The summed E-state index contributed by atoms with van der Waals surface area (Å²) >= 11 is 0. The largest absolute Gasteiger partial charge is 0.398 e. The minimum Gasteiger partial charge on any atom is -0.398 e. The van der Waals surface area contributed by atoms with Crippen LogP contribution in [0.2, 0.25) is 0 Å². The summed E-state index contributed by atoms with van der Waals surface area (Å²) in [6.45, 7) is 9.99. The zero-order valence-electron chi connectivity index (χ0n) is 13.6. The zero-order chi connectivity index (χ0) is 15.2. The third-order valence-electron chi connectivity index (χ3n) is 4.52. The molecule has 0 amide bonds.